The lowest BCUT2D eigenvalue weighted by molar-refractivity contribution is -0.384. The van der Waals surface area contributed by atoms with Crippen molar-refractivity contribution in [1.82, 2.24) is 10.2 Å². The van der Waals surface area contributed by atoms with Crippen molar-refractivity contribution in [2.75, 3.05) is 19.6 Å². The van der Waals surface area contributed by atoms with Crippen LogP contribution < -0.4 is 5.32 Å². The number of carbonyl (C=O) groups excluding carboxylic acids is 1. The number of aryl methyl sites for hydroxylation is 1. The fourth-order valence-corrected chi connectivity index (χ4v) is 2.30. The summed E-state index contributed by atoms with van der Waals surface area (Å²) in [6.45, 7) is 5.94. The molecule has 0 aliphatic carbocycles. The monoisotopic (exact) mass is 263 g/mol. The lowest BCUT2D eigenvalue weighted by atomic mass is 10.1. The maximum atomic E-state index is 12.4. The summed E-state index contributed by atoms with van der Waals surface area (Å²) in [7, 11) is 0. The highest BCUT2D eigenvalue weighted by atomic mass is 16.6. The van der Waals surface area contributed by atoms with Crippen LogP contribution in [0.4, 0.5) is 5.69 Å². The highest BCUT2D eigenvalue weighted by molar-refractivity contribution is 5.96. The molecule has 0 saturated carbocycles. The van der Waals surface area contributed by atoms with Crippen LogP contribution in [0.3, 0.4) is 0 Å². The number of carbonyl (C=O) groups is 1. The molecule has 102 valence electrons. The first kappa shape index (κ1) is 13.5. The number of hydrogen-bond acceptors (Lipinski definition) is 4. The summed E-state index contributed by atoms with van der Waals surface area (Å²) in [5, 5.41) is 13.9. The number of nitrogens with zero attached hydrogens (tertiary/aromatic N) is 2. The molecule has 6 nitrogen and oxygen atoms in total. The molecule has 0 unspecified atom stereocenters. The van der Waals surface area contributed by atoms with Crippen molar-refractivity contribution in [3.8, 4) is 0 Å². The van der Waals surface area contributed by atoms with Crippen molar-refractivity contribution in [3.05, 3.63) is 39.4 Å². The molecule has 1 aliphatic rings. The number of nitro benzene ring substituents is 1. The van der Waals surface area contributed by atoms with Crippen LogP contribution in [0, 0.1) is 17.0 Å². The molecule has 0 spiro atoms. The highest BCUT2D eigenvalue weighted by Gasteiger charge is 2.25. The molecule has 1 aromatic carbocycles. The van der Waals surface area contributed by atoms with Crippen LogP contribution in [0.15, 0.2) is 18.2 Å². The van der Waals surface area contributed by atoms with Crippen LogP contribution in [0.2, 0.25) is 0 Å². The minimum atomic E-state index is -0.450. The predicted molar refractivity (Wildman–Crippen MR) is 71.2 cm³/mol. The Morgan fingerprint density at radius 2 is 2.26 bits per heavy atom. The van der Waals surface area contributed by atoms with Crippen LogP contribution in [-0.4, -0.2) is 41.4 Å². The molecule has 1 atom stereocenters. The van der Waals surface area contributed by atoms with Crippen molar-refractivity contribution in [1.29, 1.82) is 0 Å². The third-order valence-electron chi connectivity index (χ3n) is 3.41. The number of amides is 1. The zero-order chi connectivity index (χ0) is 14.0. The summed E-state index contributed by atoms with van der Waals surface area (Å²) in [4.78, 5) is 24.5. The summed E-state index contributed by atoms with van der Waals surface area (Å²) in [6, 6.07) is 4.51. The van der Waals surface area contributed by atoms with Crippen LogP contribution in [0.25, 0.3) is 0 Å². The van der Waals surface area contributed by atoms with Crippen LogP contribution in [0.1, 0.15) is 22.8 Å². The van der Waals surface area contributed by atoms with E-state index in [0.717, 1.165) is 13.1 Å². The van der Waals surface area contributed by atoms with E-state index in [4.69, 9.17) is 0 Å². The zero-order valence-electron chi connectivity index (χ0n) is 11.0. The normalized spacial score (nSPS) is 19.3. The Morgan fingerprint density at radius 3 is 2.84 bits per heavy atom. The Hall–Kier alpha value is -1.95. The molecular formula is C13H17N3O3. The first-order valence-corrected chi connectivity index (χ1v) is 6.27. The van der Waals surface area contributed by atoms with Crippen LogP contribution in [0.5, 0.6) is 0 Å². The number of piperazine rings is 1. The van der Waals surface area contributed by atoms with Gasteiger partial charge >= 0.3 is 0 Å². The van der Waals surface area contributed by atoms with Gasteiger partial charge in [-0.1, -0.05) is 0 Å². The van der Waals surface area contributed by atoms with Gasteiger partial charge in [0, 0.05) is 43.4 Å². The summed E-state index contributed by atoms with van der Waals surface area (Å²) >= 11 is 0. The summed E-state index contributed by atoms with van der Waals surface area (Å²) in [5.41, 5.74) is 1.20. The van der Waals surface area contributed by atoms with Crippen LogP contribution >= 0.6 is 0 Å². The third kappa shape index (κ3) is 2.73. The second-order valence-electron chi connectivity index (χ2n) is 4.81. The maximum Gasteiger partial charge on any atom is 0.269 e. The number of benzene rings is 1. The maximum absolute atomic E-state index is 12.4. The molecule has 1 fully saturated rings. The molecule has 6 heteroatoms. The Labute approximate surface area is 111 Å². The quantitative estimate of drug-likeness (QED) is 0.645. The van der Waals surface area contributed by atoms with E-state index in [2.05, 4.69) is 5.32 Å². The van der Waals surface area contributed by atoms with E-state index in [1.165, 1.54) is 12.1 Å². The predicted octanol–water partition coefficient (Wildman–Crippen LogP) is 1.34. The summed E-state index contributed by atoms with van der Waals surface area (Å²) < 4.78 is 0. The van der Waals surface area contributed by atoms with Gasteiger partial charge in [0.2, 0.25) is 0 Å². The van der Waals surface area contributed by atoms with E-state index in [1.54, 1.807) is 13.0 Å². The molecule has 1 heterocycles. The Bertz CT molecular complexity index is 516. The van der Waals surface area contributed by atoms with Crippen molar-refractivity contribution >= 4 is 11.6 Å². The van der Waals surface area contributed by atoms with Gasteiger partial charge < -0.3 is 10.2 Å². The Balaban J connectivity index is 2.26. The van der Waals surface area contributed by atoms with Gasteiger partial charge in [0.25, 0.3) is 11.6 Å². The molecular weight excluding hydrogens is 246 g/mol. The average Bonchev–Trinajstić information content (AvgIpc) is 2.38. The van der Waals surface area contributed by atoms with E-state index in [1.807, 2.05) is 11.8 Å². The summed E-state index contributed by atoms with van der Waals surface area (Å²) in [6.07, 6.45) is 0. The van der Waals surface area contributed by atoms with Gasteiger partial charge in [0.1, 0.15) is 0 Å². The number of rotatable bonds is 2. The van der Waals surface area contributed by atoms with Crippen molar-refractivity contribution in [3.63, 3.8) is 0 Å². The second kappa shape index (κ2) is 5.36. The van der Waals surface area contributed by atoms with Gasteiger partial charge in [0.15, 0.2) is 0 Å². The summed E-state index contributed by atoms with van der Waals surface area (Å²) in [5.74, 6) is -0.0543. The average molecular weight is 263 g/mol. The smallest absolute Gasteiger partial charge is 0.269 e. The van der Waals surface area contributed by atoms with Crippen LogP contribution in [-0.2, 0) is 0 Å². The van der Waals surface area contributed by atoms with Crippen molar-refractivity contribution in [2.24, 2.45) is 0 Å². The standard InChI is InChI=1S/C13H17N3O3/c1-9-7-11(16(18)19)3-4-12(9)13(17)15-6-5-14-8-10(15)2/h3-4,7,10,14H,5-6,8H2,1-2H3/t10-/m1/s1. The van der Waals surface area contributed by atoms with E-state index in [-0.39, 0.29) is 17.6 Å². The number of hydrogen-bond donors (Lipinski definition) is 1. The highest BCUT2D eigenvalue weighted by Crippen LogP contribution is 2.19. The lowest BCUT2D eigenvalue weighted by Crippen LogP contribution is -2.52. The van der Waals surface area contributed by atoms with Crippen molar-refractivity contribution in [2.45, 2.75) is 19.9 Å². The van der Waals surface area contributed by atoms with E-state index < -0.39 is 4.92 Å². The molecule has 19 heavy (non-hydrogen) atoms. The van der Waals surface area contributed by atoms with Gasteiger partial charge in [-0.15, -0.1) is 0 Å². The van der Waals surface area contributed by atoms with Crippen molar-refractivity contribution < 1.29 is 9.72 Å². The Morgan fingerprint density at radius 1 is 1.53 bits per heavy atom. The van der Waals surface area contributed by atoms with Gasteiger partial charge in [-0.2, -0.15) is 0 Å². The molecule has 1 amide bonds. The number of non-ortho nitro benzene ring substituents is 1. The van der Waals surface area contributed by atoms with Gasteiger partial charge in [-0.25, -0.2) is 0 Å². The molecule has 1 aliphatic heterocycles. The molecule has 1 saturated heterocycles. The van der Waals surface area contributed by atoms with E-state index >= 15 is 0 Å². The topological polar surface area (TPSA) is 75.5 Å². The molecule has 0 radical (unpaired) electrons. The molecule has 2 rings (SSSR count). The SMILES string of the molecule is Cc1cc([N+](=O)[O-])ccc1C(=O)N1CCNC[C@H]1C. The van der Waals surface area contributed by atoms with Gasteiger partial charge in [-0.05, 0) is 25.5 Å². The van der Waals surface area contributed by atoms with E-state index in [9.17, 15) is 14.9 Å². The molecule has 0 aromatic heterocycles. The van der Waals surface area contributed by atoms with E-state index in [0.29, 0.717) is 17.7 Å². The third-order valence-corrected chi connectivity index (χ3v) is 3.41. The molecule has 0 bridgehead atoms. The van der Waals surface area contributed by atoms with Gasteiger partial charge in [0.05, 0.1) is 4.92 Å². The second-order valence-corrected chi connectivity index (χ2v) is 4.81. The minimum Gasteiger partial charge on any atom is -0.333 e. The minimum absolute atomic E-state index is 0.0161. The fraction of sp³-hybridized carbons (Fsp3) is 0.462. The van der Waals surface area contributed by atoms with Gasteiger partial charge in [-0.3, -0.25) is 14.9 Å². The largest absolute Gasteiger partial charge is 0.333 e. The first-order valence-electron chi connectivity index (χ1n) is 6.27. The lowest BCUT2D eigenvalue weighted by Gasteiger charge is -2.34. The number of nitrogens with one attached hydrogen (secondary N) is 1. The zero-order valence-corrected chi connectivity index (χ0v) is 11.0. The fourth-order valence-electron chi connectivity index (χ4n) is 2.30. The number of nitro groups is 1. The first-order chi connectivity index (χ1) is 9.00. The molecule has 1 aromatic rings. The molecule has 1 N–H and O–H groups in total. The Kier molecular flexibility index (Phi) is 3.80.